The van der Waals surface area contributed by atoms with Gasteiger partial charge in [0.05, 0.1) is 5.92 Å². The number of benzene rings is 1. The normalized spacial score (nSPS) is 19.8. The molecule has 1 aromatic carbocycles. The van der Waals surface area contributed by atoms with Gasteiger partial charge in [0, 0.05) is 15.7 Å². The maximum atomic E-state index is 12.1. The molecule has 0 radical (unpaired) electrons. The van der Waals surface area contributed by atoms with Gasteiger partial charge in [-0.2, -0.15) is 0 Å². The van der Waals surface area contributed by atoms with E-state index in [1.165, 1.54) is 5.56 Å². The predicted molar refractivity (Wildman–Crippen MR) is 88.8 cm³/mol. The first-order valence-electron chi connectivity index (χ1n) is 7.08. The highest BCUT2D eigenvalue weighted by Gasteiger charge is 2.45. The van der Waals surface area contributed by atoms with Crippen LogP contribution in [0.4, 0.5) is 0 Å². The Morgan fingerprint density at radius 2 is 2.05 bits per heavy atom. The van der Waals surface area contributed by atoms with E-state index in [1.54, 1.807) is 6.07 Å². The van der Waals surface area contributed by atoms with Gasteiger partial charge in [-0.25, -0.2) is 4.98 Å². The fourth-order valence-corrected chi connectivity index (χ4v) is 2.96. The lowest BCUT2D eigenvalue weighted by atomic mass is 10.1. The molecule has 3 nitrogen and oxygen atoms in total. The molecule has 1 aromatic heterocycles. The van der Waals surface area contributed by atoms with Gasteiger partial charge in [0.1, 0.15) is 11.8 Å². The summed E-state index contributed by atoms with van der Waals surface area (Å²) in [6.07, 6.45) is 0.859. The van der Waals surface area contributed by atoms with Crippen molar-refractivity contribution in [2.45, 2.75) is 25.9 Å². The lowest BCUT2D eigenvalue weighted by Crippen LogP contribution is -2.09. The van der Waals surface area contributed by atoms with Crippen molar-refractivity contribution in [1.29, 1.82) is 0 Å². The first-order valence-corrected chi connectivity index (χ1v) is 8.26. The second-order valence-electron chi connectivity index (χ2n) is 5.49. The number of halogens is 2. The number of nitrogens with zero attached hydrogens (tertiary/aromatic N) is 1. The van der Waals surface area contributed by atoms with Crippen molar-refractivity contribution in [3.63, 3.8) is 0 Å². The number of rotatable bonds is 4. The third kappa shape index (κ3) is 3.50. The van der Waals surface area contributed by atoms with Crippen molar-refractivity contribution >= 4 is 33.5 Å². The molecule has 2 atom stereocenters. The Morgan fingerprint density at radius 3 is 2.73 bits per heavy atom. The molecule has 0 spiro atoms. The monoisotopic (exact) mass is 379 g/mol. The Kier molecular flexibility index (Phi) is 4.50. The summed E-state index contributed by atoms with van der Waals surface area (Å²) in [4.78, 5) is 16.3. The maximum Gasteiger partial charge on any atom is 0.309 e. The molecule has 0 aliphatic heterocycles. The molecule has 5 heteroatoms. The smallest absolute Gasteiger partial charge is 0.309 e. The van der Waals surface area contributed by atoms with Gasteiger partial charge in [-0.1, -0.05) is 45.7 Å². The number of hydrogen-bond acceptors (Lipinski definition) is 3. The van der Waals surface area contributed by atoms with Crippen molar-refractivity contribution in [2.75, 3.05) is 0 Å². The average molecular weight is 381 g/mol. The number of carbonyl (C=O) groups is 1. The minimum atomic E-state index is -0.137. The van der Waals surface area contributed by atoms with Gasteiger partial charge < -0.3 is 4.74 Å². The molecule has 1 heterocycles. The highest BCUT2D eigenvalue weighted by atomic mass is 79.9. The van der Waals surface area contributed by atoms with Crippen molar-refractivity contribution < 1.29 is 9.53 Å². The largest absolute Gasteiger partial charge is 0.461 e. The average Bonchev–Trinajstić information content (AvgIpc) is 3.27. The molecule has 0 N–H and O–H groups in total. The number of hydrogen-bond donors (Lipinski definition) is 0. The zero-order valence-corrected chi connectivity index (χ0v) is 14.4. The maximum absolute atomic E-state index is 12.1. The molecule has 0 bridgehead atoms. The van der Waals surface area contributed by atoms with Gasteiger partial charge in [-0.15, -0.1) is 0 Å². The third-order valence-corrected chi connectivity index (χ3v) is 4.66. The number of ether oxygens (including phenoxy) is 1. The van der Waals surface area contributed by atoms with E-state index in [1.807, 2.05) is 25.1 Å². The number of aromatic nitrogens is 1. The second kappa shape index (κ2) is 6.39. The molecule has 2 aromatic rings. The quantitative estimate of drug-likeness (QED) is 0.572. The first-order chi connectivity index (χ1) is 10.5. The summed E-state index contributed by atoms with van der Waals surface area (Å²) in [5, 5.41) is 0.449. The predicted octanol–water partition coefficient (Wildman–Crippen LogP) is 4.65. The summed E-state index contributed by atoms with van der Waals surface area (Å²) in [6.45, 7) is 2.11. The van der Waals surface area contributed by atoms with Crippen molar-refractivity contribution in [3.05, 3.63) is 62.8 Å². The molecule has 0 unspecified atom stereocenters. The summed E-state index contributed by atoms with van der Waals surface area (Å²) >= 11 is 9.23. The van der Waals surface area contributed by atoms with Crippen molar-refractivity contribution in [2.24, 2.45) is 5.92 Å². The minimum absolute atomic E-state index is 0.0262. The molecule has 1 fully saturated rings. The topological polar surface area (TPSA) is 39.2 Å². The van der Waals surface area contributed by atoms with Crippen molar-refractivity contribution in [3.8, 4) is 0 Å². The Hall–Kier alpha value is -1.39. The molecule has 0 amide bonds. The van der Waals surface area contributed by atoms with Crippen LogP contribution in [-0.4, -0.2) is 11.0 Å². The second-order valence-corrected chi connectivity index (χ2v) is 6.79. The molecule has 114 valence electrons. The van der Waals surface area contributed by atoms with Gasteiger partial charge >= 0.3 is 5.97 Å². The van der Waals surface area contributed by atoms with Crippen LogP contribution in [0.5, 0.6) is 0 Å². The molecule has 0 saturated heterocycles. The molecular weight excluding hydrogens is 366 g/mol. The van der Waals surface area contributed by atoms with E-state index in [2.05, 4.69) is 33.0 Å². The number of pyridine rings is 1. The highest BCUT2D eigenvalue weighted by molar-refractivity contribution is 9.10. The van der Waals surface area contributed by atoms with E-state index in [4.69, 9.17) is 16.3 Å². The molecule has 22 heavy (non-hydrogen) atoms. The highest BCUT2D eigenvalue weighted by Crippen LogP contribution is 2.48. The van der Waals surface area contributed by atoms with Crippen LogP contribution in [0.1, 0.15) is 29.2 Å². The zero-order valence-electron chi connectivity index (χ0n) is 12.1. The van der Waals surface area contributed by atoms with Gasteiger partial charge in [0.2, 0.25) is 0 Å². The van der Waals surface area contributed by atoms with Crippen LogP contribution in [0.2, 0.25) is 5.15 Å². The number of carbonyl (C=O) groups excluding carboxylic acids is 1. The van der Waals surface area contributed by atoms with Gasteiger partial charge in [0.25, 0.3) is 0 Å². The Morgan fingerprint density at radius 1 is 1.32 bits per heavy atom. The first kappa shape index (κ1) is 15.5. The van der Waals surface area contributed by atoms with E-state index < -0.39 is 0 Å². The van der Waals surface area contributed by atoms with Crippen molar-refractivity contribution in [1.82, 2.24) is 4.98 Å². The van der Waals surface area contributed by atoms with E-state index in [9.17, 15) is 4.79 Å². The van der Waals surface area contributed by atoms with E-state index in [0.717, 1.165) is 22.2 Å². The summed E-state index contributed by atoms with van der Waals surface area (Å²) < 4.78 is 6.46. The summed E-state index contributed by atoms with van der Waals surface area (Å²) in [6, 6.07) is 11.7. The number of esters is 1. The van der Waals surface area contributed by atoms with Crippen LogP contribution in [-0.2, 0) is 16.1 Å². The standard InChI is InChI=1S/C17H15BrClNO2/c1-10-12(4-7-16(19)20-10)9-22-17(21)15-8-14(15)11-2-5-13(18)6-3-11/h2-7,14-15H,8-9H2,1H3/t14-,15+/m0/s1. The van der Waals surface area contributed by atoms with Gasteiger partial charge in [-0.3, -0.25) is 4.79 Å². The summed E-state index contributed by atoms with van der Waals surface area (Å²) in [7, 11) is 0. The zero-order chi connectivity index (χ0) is 15.7. The Balaban J connectivity index is 1.56. The SMILES string of the molecule is Cc1nc(Cl)ccc1COC(=O)[C@@H]1C[C@H]1c1ccc(Br)cc1. The third-order valence-electron chi connectivity index (χ3n) is 3.92. The molecule has 1 aliphatic carbocycles. The van der Waals surface area contributed by atoms with Crippen LogP contribution >= 0.6 is 27.5 Å². The van der Waals surface area contributed by atoms with Crippen LogP contribution < -0.4 is 0 Å². The van der Waals surface area contributed by atoms with E-state index >= 15 is 0 Å². The fraction of sp³-hybridized carbons (Fsp3) is 0.294. The molecule has 1 saturated carbocycles. The fourth-order valence-electron chi connectivity index (χ4n) is 2.50. The van der Waals surface area contributed by atoms with E-state index in [-0.39, 0.29) is 24.4 Å². The molecular formula is C17H15BrClNO2. The minimum Gasteiger partial charge on any atom is -0.461 e. The Labute approximate surface area is 142 Å². The van der Waals surface area contributed by atoms with Crippen LogP contribution in [0.25, 0.3) is 0 Å². The summed E-state index contributed by atoms with van der Waals surface area (Å²) in [5.74, 6) is 0.119. The Bertz CT molecular complexity index is 702. The van der Waals surface area contributed by atoms with E-state index in [0.29, 0.717) is 5.15 Å². The van der Waals surface area contributed by atoms with Crippen LogP contribution in [0.15, 0.2) is 40.9 Å². The van der Waals surface area contributed by atoms with Gasteiger partial charge in [-0.05, 0) is 43.0 Å². The summed E-state index contributed by atoms with van der Waals surface area (Å²) in [5.41, 5.74) is 2.87. The van der Waals surface area contributed by atoms with Crippen LogP contribution in [0, 0.1) is 12.8 Å². The van der Waals surface area contributed by atoms with Gasteiger partial charge in [0.15, 0.2) is 0 Å². The number of aryl methyl sites for hydroxylation is 1. The molecule has 1 aliphatic rings. The lowest BCUT2D eigenvalue weighted by molar-refractivity contribution is -0.146. The lowest BCUT2D eigenvalue weighted by Gasteiger charge is -2.07. The van der Waals surface area contributed by atoms with Crippen LogP contribution in [0.3, 0.4) is 0 Å². The molecule has 3 rings (SSSR count).